The predicted octanol–water partition coefficient (Wildman–Crippen LogP) is 3.45. The topological polar surface area (TPSA) is 75.7 Å². The number of ether oxygens (including phenoxy) is 1. The Kier molecular flexibility index (Phi) is 5.54. The van der Waals surface area contributed by atoms with Gasteiger partial charge < -0.3 is 10.1 Å². The van der Waals surface area contributed by atoms with Crippen molar-refractivity contribution < 1.29 is 17.9 Å². The molecule has 0 unspecified atom stereocenters. The summed E-state index contributed by atoms with van der Waals surface area (Å²) in [6.07, 6.45) is 1.56. The van der Waals surface area contributed by atoms with E-state index in [1.807, 2.05) is 31.2 Å². The van der Waals surface area contributed by atoms with Crippen molar-refractivity contribution in [3.8, 4) is 0 Å². The fourth-order valence-electron chi connectivity index (χ4n) is 3.63. The fourth-order valence-corrected chi connectivity index (χ4v) is 5.47. The summed E-state index contributed by atoms with van der Waals surface area (Å²) in [5, 5.41) is 2.98. The van der Waals surface area contributed by atoms with Crippen LogP contribution in [0.4, 0.5) is 5.69 Å². The Bertz CT molecular complexity index is 1040. The lowest BCUT2D eigenvalue weighted by Crippen LogP contribution is -2.40. The number of carbonyl (C=O) groups is 1. The van der Waals surface area contributed by atoms with E-state index >= 15 is 0 Å². The zero-order chi connectivity index (χ0) is 20.6. The highest BCUT2D eigenvalue weighted by Gasteiger charge is 2.51. The van der Waals surface area contributed by atoms with E-state index in [-0.39, 0.29) is 10.8 Å². The Labute approximate surface area is 179 Å². The second-order valence-electron chi connectivity index (χ2n) is 7.54. The number of aryl methyl sites for hydroxylation is 1. The lowest BCUT2D eigenvalue weighted by molar-refractivity contribution is -0.118. The van der Waals surface area contributed by atoms with E-state index in [9.17, 15) is 13.2 Å². The Morgan fingerprint density at radius 3 is 2.52 bits per heavy atom. The van der Waals surface area contributed by atoms with Crippen LogP contribution in [-0.4, -0.2) is 44.9 Å². The number of hydrogen-bond acceptors (Lipinski definition) is 4. The molecular weight excluding hydrogens is 456 g/mol. The van der Waals surface area contributed by atoms with Gasteiger partial charge in [-0.3, -0.25) is 4.79 Å². The quantitative estimate of drug-likeness (QED) is 0.713. The van der Waals surface area contributed by atoms with Gasteiger partial charge in [-0.05, 0) is 55.2 Å². The van der Waals surface area contributed by atoms with Crippen LogP contribution in [0.3, 0.4) is 0 Å². The van der Waals surface area contributed by atoms with Gasteiger partial charge in [0, 0.05) is 23.2 Å². The molecule has 1 saturated heterocycles. The minimum absolute atomic E-state index is 0.0976. The van der Waals surface area contributed by atoms with E-state index in [1.165, 1.54) is 4.31 Å². The maximum atomic E-state index is 13.1. The second-order valence-corrected chi connectivity index (χ2v) is 10.4. The summed E-state index contributed by atoms with van der Waals surface area (Å²) >= 11 is 3.47. The number of anilines is 1. The highest BCUT2D eigenvalue weighted by molar-refractivity contribution is 9.10. The number of morpholine rings is 1. The van der Waals surface area contributed by atoms with Crippen molar-refractivity contribution in [2.45, 2.75) is 30.1 Å². The highest BCUT2D eigenvalue weighted by Crippen LogP contribution is 2.49. The molecule has 8 heteroatoms. The number of halogens is 1. The monoisotopic (exact) mass is 478 g/mol. The molecule has 4 rings (SSSR count). The summed E-state index contributed by atoms with van der Waals surface area (Å²) in [6, 6.07) is 12.7. The SMILES string of the molecule is Cc1ccc(S(=O)(=O)N2CCOCC2)cc1NC(=O)C1(c2cccc(Br)c2)CC1. The molecule has 2 aromatic carbocycles. The van der Waals surface area contributed by atoms with Gasteiger partial charge in [-0.2, -0.15) is 4.31 Å². The zero-order valence-corrected chi connectivity index (χ0v) is 18.6. The Hall–Kier alpha value is -1.74. The van der Waals surface area contributed by atoms with Crippen molar-refractivity contribution in [3.63, 3.8) is 0 Å². The summed E-state index contributed by atoms with van der Waals surface area (Å²) in [5.41, 5.74) is 1.78. The average molecular weight is 479 g/mol. The minimum atomic E-state index is -3.62. The number of benzene rings is 2. The van der Waals surface area contributed by atoms with Gasteiger partial charge in [-0.25, -0.2) is 8.42 Å². The van der Waals surface area contributed by atoms with Gasteiger partial charge in [0.1, 0.15) is 0 Å². The van der Waals surface area contributed by atoms with Crippen LogP contribution in [0.2, 0.25) is 0 Å². The van der Waals surface area contributed by atoms with E-state index < -0.39 is 15.4 Å². The largest absolute Gasteiger partial charge is 0.379 e. The van der Waals surface area contributed by atoms with Gasteiger partial charge in [0.05, 0.1) is 23.5 Å². The third-order valence-corrected chi connectivity index (χ3v) is 8.01. The number of rotatable bonds is 5. The highest BCUT2D eigenvalue weighted by atomic mass is 79.9. The number of sulfonamides is 1. The fraction of sp³-hybridized carbons (Fsp3) is 0.381. The second kappa shape index (κ2) is 7.83. The van der Waals surface area contributed by atoms with E-state index in [0.717, 1.165) is 28.4 Å². The summed E-state index contributed by atoms with van der Waals surface area (Å²) in [6.45, 7) is 3.32. The molecule has 1 aliphatic heterocycles. The zero-order valence-electron chi connectivity index (χ0n) is 16.2. The number of nitrogens with zero attached hydrogens (tertiary/aromatic N) is 1. The van der Waals surface area contributed by atoms with Crippen molar-refractivity contribution in [3.05, 3.63) is 58.1 Å². The molecule has 29 heavy (non-hydrogen) atoms. The van der Waals surface area contributed by atoms with Crippen LogP contribution >= 0.6 is 15.9 Å². The molecule has 0 atom stereocenters. The molecule has 1 aliphatic carbocycles. The average Bonchev–Trinajstić information content (AvgIpc) is 3.52. The molecule has 1 heterocycles. The first-order valence-corrected chi connectivity index (χ1v) is 11.8. The number of nitrogens with one attached hydrogen (secondary N) is 1. The van der Waals surface area contributed by atoms with Crippen LogP contribution < -0.4 is 5.32 Å². The van der Waals surface area contributed by atoms with Crippen molar-refractivity contribution >= 4 is 37.5 Å². The predicted molar refractivity (Wildman–Crippen MR) is 114 cm³/mol. The third-order valence-electron chi connectivity index (χ3n) is 5.63. The molecule has 1 N–H and O–H groups in total. The Morgan fingerprint density at radius 1 is 1.14 bits per heavy atom. The molecule has 6 nitrogen and oxygen atoms in total. The van der Waals surface area contributed by atoms with Crippen LogP contribution in [0.15, 0.2) is 51.8 Å². The summed E-state index contributed by atoms with van der Waals surface area (Å²) < 4.78 is 33.5. The van der Waals surface area contributed by atoms with Gasteiger partial charge in [0.25, 0.3) is 0 Å². The van der Waals surface area contributed by atoms with Crippen LogP contribution in [0, 0.1) is 6.92 Å². The van der Waals surface area contributed by atoms with Crippen LogP contribution in [0.1, 0.15) is 24.0 Å². The standard InChI is InChI=1S/C21H23BrN2O4S/c1-15-5-6-18(29(26,27)24-9-11-28-12-10-24)14-19(15)23-20(25)21(7-8-21)16-3-2-4-17(22)13-16/h2-6,13-14H,7-12H2,1H3,(H,23,25). The maximum absolute atomic E-state index is 13.1. The van der Waals surface area contributed by atoms with Gasteiger partial charge in [0.2, 0.25) is 15.9 Å². The molecule has 0 radical (unpaired) electrons. The third kappa shape index (κ3) is 3.99. The van der Waals surface area contributed by atoms with Crippen molar-refractivity contribution in [2.24, 2.45) is 0 Å². The van der Waals surface area contributed by atoms with Crippen LogP contribution in [0.25, 0.3) is 0 Å². The summed E-state index contributed by atoms with van der Waals surface area (Å²) in [7, 11) is -3.62. The van der Waals surface area contributed by atoms with Gasteiger partial charge in [-0.1, -0.05) is 34.1 Å². The molecule has 1 saturated carbocycles. The molecular formula is C21H23BrN2O4S. The van der Waals surface area contributed by atoms with Gasteiger partial charge >= 0.3 is 0 Å². The molecule has 2 aromatic rings. The molecule has 2 fully saturated rings. The Balaban J connectivity index is 1.59. The summed E-state index contributed by atoms with van der Waals surface area (Å²) in [4.78, 5) is 13.3. The maximum Gasteiger partial charge on any atom is 0.243 e. The van der Waals surface area contributed by atoms with Gasteiger partial charge in [0.15, 0.2) is 0 Å². The molecule has 154 valence electrons. The number of carbonyl (C=O) groups excluding carboxylic acids is 1. The molecule has 0 spiro atoms. The molecule has 0 bridgehead atoms. The van der Waals surface area contributed by atoms with Gasteiger partial charge in [-0.15, -0.1) is 0 Å². The smallest absolute Gasteiger partial charge is 0.243 e. The first-order valence-electron chi connectivity index (χ1n) is 9.59. The minimum Gasteiger partial charge on any atom is -0.379 e. The number of hydrogen-bond donors (Lipinski definition) is 1. The van der Waals surface area contributed by atoms with E-state index in [2.05, 4.69) is 21.2 Å². The normalized spacial score (nSPS) is 19.0. The van der Waals surface area contributed by atoms with Crippen LogP contribution in [-0.2, 0) is 25.0 Å². The van der Waals surface area contributed by atoms with E-state index in [0.29, 0.717) is 32.0 Å². The lowest BCUT2D eigenvalue weighted by atomic mass is 9.95. The first kappa shape index (κ1) is 20.5. The van der Waals surface area contributed by atoms with Crippen molar-refractivity contribution in [2.75, 3.05) is 31.6 Å². The van der Waals surface area contributed by atoms with Crippen molar-refractivity contribution in [1.29, 1.82) is 0 Å². The Morgan fingerprint density at radius 2 is 1.86 bits per heavy atom. The molecule has 1 amide bonds. The first-order chi connectivity index (χ1) is 13.8. The lowest BCUT2D eigenvalue weighted by Gasteiger charge is -2.26. The van der Waals surface area contributed by atoms with E-state index in [1.54, 1.807) is 18.2 Å². The summed E-state index contributed by atoms with van der Waals surface area (Å²) in [5.74, 6) is -0.0976. The van der Waals surface area contributed by atoms with Crippen molar-refractivity contribution in [1.82, 2.24) is 4.31 Å². The molecule has 2 aliphatic rings. The van der Waals surface area contributed by atoms with E-state index in [4.69, 9.17) is 4.74 Å². The number of amides is 1. The van der Waals surface area contributed by atoms with Crippen LogP contribution in [0.5, 0.6) is 0 Å². The molecule has 0 aromatic heterocycles.